The molecule has 1 amide bonds. The number of rotatable bonds is 12. The molecule has 0 spiro atoms. The van der Waals surface area contributed by atoms with Crippen LogP contribution >= 0.6 is 12.6 Å². The third-order valence-electron chi connectivity index (χ3n) is 6.60. The number of hydrogen-bond donors (Lipinski definition) is 3. The van der Waals surface area contributed by atoms with Crippen molar-refractivity contribution in [3.05, 3.63) is 113 Å². The third-order valence-corrected chi connectivity index (χ3v) is 7.05. The molecule has 202 valence electrons. The first kappa shape index (κ1) is 28.1. The van der Waals surface area contributed by atoms with Crippen molar-refractivity contribution in [1.82, 2.24) is 15.1 Å². The second-order valence-electron chi connectivity index (χ2n) is 9.48. The number of hydrogen-bond acceptors (Lipinski definition) is 4. The highest BCUT2D eigenvalue weighted by Crippen LogP contribution is 2.26. The number of halogens is 1. The van der Waals surface area contributed by atoms with E-state index in [1.807, 2.05) is 30.3 Å². The van der Waals surface area contributed by atoms with Crippen LogP contribution in [-0.2, 0) is 19.4 Å². The molecule has 1 atom stereocenters. The van der Waals surface area contributed by atoms with Crippen LogP contribution in [0.5, 0.6) is 0 Å². The molecule has 0 aliphatic carbocycles. The maximum atomic E-state index is 15.3. The molecule has 39 heavy (non-hydrogen) atoms. The maximum Gasteiger partial charge on any atom is 0.336 e. The molecule has 4 aromatic rings. The fourth-order valence-corrected chi connectivity index (χ4v) is 4.73. The van der Waals surface area contributed by atoms with Gasteiger partial charge in [0, 0.05) is 23.1 Å². The Labute approximate surface area is 233 Å². The molecule has 0 aliphatic heterocycles. The number of nitrogens with one attached hydrogen (secondary N) is 1. The van der Waals surface area contributed by atoms with Gasteiger partial charge < -0.3 is 10.4 Å². The molecule has 0 saturated carbocycles. The summed E-state index contributed by atoms with van der Waals surface area (Å²) in [5.41, 5.74) is 3.69. The van der Waals surface area contributed by atoms with Crippen LogP contribution in [0.4, 0.5) is 4.39 Å². The molecule has 0 bridgehead atoms. The lowest BCUT2D eigenvalue weighted by Crippen LogP contribution is -2.38. The normalized spacial score (nSPS) is 11.8. The summed E-state index contributed by atoms with van der Waals surface area (Å²) in [5.74, 6) is -1.34. The number of aromatic nitrogens is 2. The molecule has 2 N–H and O–H groups in total. The summed E-state index contributed by atoms with van der Waals surface area (Å²) in [6.45, 7) is 2.24. The van der Waals surface area contributed by atoms with Crippen LogP contribution in [-0.4, -0.2) is 38.6 Å². The fraction of sp³-hybridized carbons (Fsp3) is 0.258. The number of thiol groups is 1. The summed E-state index contributed by atoms with van der Waals surface area (Å²) < 4.78 is 16.9. The van der Waals surface area contributed by atoms with E-state index in [9.17, 15) is 14.7 Å². The molecule has 0 radical (unpaired) electrons. The lowest BCUT2D eigenvalue weighted by molar-refractivity contribution is 0.0697. The van der Waals surface area contributed by atoms with Crippen LogP contribution in [0, 0.1) is 5.82 Å². The molecule has 3 aromatic carbocycles. The summed E-state index contributed by atoms with van der Waals surface area (Å²) in [7, 11) is 0. The van der Waals surface area contributed by atoms with Crippen molar-refractivity contribution in [3.63, 3.8) is 0 Å². The lowest BCUT2D eigenvalue weighted by Gasteiger charge is -2.16. The van der Waals surface area contributed by atoms with E-state index in [-0.39, 0.29) is 29.8 Å². The first-order valence-electron chi connectivity index (χ1n) is 13.0. The van der Waals surface area contributed by atoms with Gasteiger partial charge in [-0.25, -0.2) is 9.18 Å². The van der Waals surface area contributed by atoms with Crippen LogP contribution < -0.4 is 5.32 Å². The van der Waals surface area contributed by atoms with Gasteiger partial charge in [-0.3, -0.25) is 9.48 Å². The zero-order valence-electron chi connectivity index (χ0n) is 21.8. The van der Waals surface area contributed by atoms with E-state index in [4.69, 9.17) is 0 Å². The molecule has 0 fully saturated rings. The standard InChI is InChI=1S/C31H32FN3O3S/c1-2-3-11-25-18-29(30(36)33-24(20-39)16-21-9-5-4-6-10-21)34-35(25)19-23-15-14-22(17-28(23)32)26-12-7-8-13-27(26)31(37)38/h4-10,12-15,17-18,24,39H,2-3,11,16,19-20H2,1H3,(H,33,36)(H,37,38)/t24-/m1/s1. The van der Waals surface area contributed by atoms with E-state index in [0.29, 0.717) is 35.3 Å². The number of benzene rings is 3. The summed E-state index contributed by atoms with van der Waals surface area (Å²) in [5, 5.41) is 17.1. The number of carboxylic acids is 1. The van der Waals surface area contributed by atoms with Crippen LogP contribution in [0.15, 0.2) is 78.9 Å². The maximum absolute atomic E-state index is 15.3. The molecular weight excluding hydrogens is 513 g/mol. The Morgan fingerprint density at radius 3 is 2.49 bits per heavy atom. The Morgan fingerprint density at radius 1 is 1.05 bits per heavy atom. The van der Waals surface area contributed by atoms with Gasteiger partial charge in [0.05, 0.1) is 12.1 Å². The highest BCUT2D eigenvalue weighted by atomic mass is 32.1. The Kier molecular flexibility index (Phi) is 9.54. The monoisotopic (exact) mass is 545 g/mol. The first-order chi connectivity index (χ1) is 18.9. The Hall–Kier alpha value is -3.91. The number of aryl methyl sites for hydroxylation is 1. The minimum atomic E-state index is -1.07. The minimum Gasteiger partial charge on any atom is -0.478 e. The number of nitrogens with zero attached hydrogens (tertiary/aromatic N) is 2. The van der Waals surface area contributed by atoms with Crippen molar-refractivity contribution in [3.8, 4) is 11.1 Å². The number of unbranched alkanes of at least 4 members (excludes halogenated alkanes) is 1. The lowest BCUT2D eigenvalue weighted by atomic mass is 9.98. The quantitative estimate of drug-likeness (QED) is 0.189. The average Bonchev–Trinajstić information content (AvgIpc) is 3.35. The fourth-order valence-electron chi connectivity index (χ4n) is 4.51. The molecule has 1 heterocycles. The van der Waals surface area contributed by atoms with Gasteiger partial charge in [-0.15, -0.1) is 0 Å². The summed E-state index contributed by atoms with van der Waals surface area (Å²) in [4.78, 5) is 24.7. The van der Waals surface area contributed by atoms with Crippen LogP contribution in [0.3, 0.4) is 0 Å². The van der Waals surface area contributed by atoms with Crippen molar-refractivity contribution >= 4 is 24.5 Å². The topological polar surface area (TPSA) is 84.2 Å². The van der Waals surface area contributed by atoms with Gasteiger partial charge in [0.1, 0.15) is 11.5 Å². The number of carbonyl (C=O) groups is 2. The van der Waals surface area contributed by atoms with Gasteiger partial charge in [-0.1, -0.05) is 74.0 Å². The first-order valence-corrected chi connectivity index (χ1v) is 13.7. The van der Waals surface area contributed by atoms with E-state index in [1.165, 1.54) is 12.1 Å². The molecule has 1 aromatic heterocycles. The average molecular weight is 546 g/mol. The van der Waals surface area contributed by atoms with Gasteiger partial charge in [0.2, 0.25) is 0 Å². The SMILES string of the molecule is CCCCc1cc(C(=O)N[C@@H](CS)Cc2ccccc2)nn1Cc1ccc(-c2ccccc2C(=O)O)cc1F. The second kappa shape index (κ2) is 13.2. The minimum absolute atomic E-state index is 0.112. The number of carboxylic acid groups (broad SMARTS) is 1. The van der Waals surface area contributed by atoms with Gasteiger partial charge in [-0.2, -0.15) is 17.7 Å². The highest BCUT2D eigenvalue weighted by molar-refractivity contribution is 7.80. The summed E-state index contributed by atoms with van der Waals surface area (Å²) in [6, 6.07) is 22.8. The summed E-state index contributed by atoms with van der Waals surface area (Å²) >= 11 is 4.42. The predicted octanol–water partition coefficient (Wildman–Crippen LogP) is 6.05. The van der Waals surface area contributed by atoms with Gasteiger partial charge in [0.15, 0.2) is 0 Å². The zero-order chi connectivity index (χ0) is 27.8. The molecule has 4 rings (SSSR count). The Morgan fingerprint density at radius 2 is 1.79 bits per heavy atom. The number of carbonyl (C=O) groups excluding carboxylic acids is 1. The summed E-state index contributed by atoms with van der Waals surface area (Å²) in [6.07, 6.45) is 3.25. The van der Waals surface area contributed by atoms with E-state index in [1.54, 1.807) is 41.1 Å². The molecule has 0 saturated heterocycles. The van der Waals surface area contributed by atoms with Crippen LogP contribution in [0.2, 0.25) is 0 Å². The van der Waals surface area contributed by atoms with E-state index < -0.39 is 11.8 Å². The van der Waals surface area contributed by atoms with Gasteiger partial charge in [0.25, 0.3) is 5.91 Å². The smallest absolute Gasteiger partial charge is 0.336 e. The third kappa shape index (κ3) is 7.15. The van der Waals surface area contributed by atoms with Crippen molar-refractivity contribution in [2.45, 2.75) is 45.2 Å². The van der Waals surface area contributed by atoms with Crippen molar-refractivity contribution in [2.24, 2.45) is 0 Å². The number of aromatic carboxylic acids is 1. The Balaban J connectivity index is 1.55. The molecule has 0 aliphatic rings. The predicted molar refractivity (Wildman–Crippen MR) is 154 cm³/mol. The van der Waals surface area contributed by atoms with Crippen molar-refractivity contribution in [2.75, 3.05) is 5.75 Å². The van der Waals surface area contributed by atoms with E-state index in [0.717, 1.165) is 24.1 Å². The molecular formula is C31H32FN3O3S. The Bertz CT molecular complexity index is 1440. The molecule has 0 unspecified atom stereocenters. The van der Waals surface area contributed by atoms with Gasteiger partial charge >= 0.3 is 5.97 Å². The number of amides is 1. The molecule has 6 nitrogen and oxygen atoms in total. The van der Waals surface area contributed by atoms with Crippen LogP contribution in [0.25, 0.3) is 11.1 Å². The highest BCUT2D eigenvalue weighted by Gasteiger charge is 2.19. The zero-order valence-corrected chi connectivity index (χ0v) is 22.7. The van der Waals surface area contributed by atoms with E-state index >= 15 is 4.39 Å². The second-order valence-corrected chi connectivity index (χ2v) is 9.85. The van der Waals surface area contributed by atoms with Crippen molar-refractivity contribution in [1.29, 1.82) is 0 Å². The molecule has 8 heteroatoms. The largest absolute Gasteiger partial charge is 0.478 e. The van der Waals surface area contributed by atoms with Crippen molar-refractivity contribution < 1.29 is 19.1 Å². The van der Waals surface area contributed by atoms with Crippen LogP contribution in [0.1, 0.15) is 57.4 Å². The van der Waals surface area contributed by atoms with Gasteiger partial charge in [-0.05, 0) is 54.2 Å². The van der Waals surface area contributed by atoms with E-state index in [2.05, 4.69) is 30.0 Å².